The Bertz CT molecular complexity index is 1020. The van der Waals surface area contributed by atoms with Crippen molar-refractivity contribution in [1.82, 2.24) is 9.62 Å². The van der Waals surface area contributed by atoms with Gasteiger partial charge in [0.25, 0.3) is 0 Å². The third-order valence-electron chi connectivity index (χ3n) is 5.59. The molecule has 1 heterocycles. The number of halogens is 2. The highest BCUT2D eigenvalue weighted by Crippen LogP contribution is 2.29. The van der Waals surface area contributed by atoms with Crippen LogP contribution in [0.4, 0.5) is 0 Å². The van der Waals surface area contributed by atoms with Crippen LogP contribution in [0.1, 0.15) is 43.9 Å². The standard InChI is InChI=1S/C23H28Cl2N2O4S/c1-3-31-19-11-9-17(10-12-19)16(2)26-23(28)18-6-5-13-27(14-18)32(29,30)15-20-21(24)7-4-8-22(20)25/h4,7-12,16,18H,3,5-6,13-15H2,1-2H3,(H,26,28)/t16-,18-/m1/s1. The second-order valence-corrected chi connectivity index (χ2v) is 10.7. The second-order valence-electron chi connectivity index (χ2n) is 7.89. The zero-order chi connectivity index (χ0) is 23.3. The minimum Gasteiger partial charge on any atom is -0.494 e. The van der Waals surface area contributed by atoms with Gasteiger partial charge in [-0.25, -0.2) is 12.7 Å². The molecule has 9 heteroatoms. The number of amides is 1. The van der Waals surface area contributed by atoms with Crippen LogP contribution in [0.25, 0.3) is 0 Å². The van der Waals surface area contributed by atoms with Gasteiger partial charge in [-0.1, -0.05) is 41.4 Å². The van der Waals surface area contributed by atoms with Crippen molar-refractivity contribution in [3.8, 4) is 5.75 Å². The molecule has 1 aliphatic heterocycles. The third-order valence-corrected chi connectivity index (χ3v) is 8.07. The van der Waals surface area contributed by atoms with Crippen LogP contribution in [0, 0.1) is 5.92 Å². The molecule has 1 fully saturated rings. The average Bonchev–Trinajstić information content (AvgIpc) is 2.77. The minimum absolute atomic E-state index is 0.145. The molecule has 1 saturated heterocycles. The van der Waals surface area contributed by atoms with Crippen molar-refractivity contribution in [3.05, 3.63) is 63.6 Å². The fourth-order valence-corrected chi connectivity index (χ4v) is 6.15. The minimum atomic E-state index is -3.67. The number of benzene rings is 2. The van der Waals surface area contributed by atoms with Crippen molar-refractivity contribution in [1.29, 1.82) is 0 Å². The summed E-state index contributed by atoms with van der Waals surface area (Å²) in [6, 6.07) is 12.3. The highest BCUT2D eigenvalue weighted by atomic mass is 35.5. The molecule has 0 spiro atoms. The van der Waals surface area contributed by atoms with E-state index in [1.54, 1.807) is 18.2 Å². The molecule has 0 unspecified atom stereocenters. The smallest absolute Gasteiger partial charge is 0.224 e. The van der Waals surface area contributed by atoms with Gasteiger partial charge in [0.2, 0.25) is 15.9 Å². The predicted molar refractivity (Wildman–Crippen MR) is 128 cm³/mol. The molecule has 6 nitrogen and oxygen atoms in total. The lowest BCUT2D eigenvalue weighted by Gasteiger charge is -2.32. The zero-order valence-corrected chi connectivity index (χ0v) is 20.5. The molecule has 0 saturated carbocycles. The molecule has 0 radical (unpaired) electrons. The number of nitrogens with zero attached hydrogens (tertiary/aromatic N) is 1. The highest BCUT2D eigenvalue weighted by molar-refractivity contribution is 7.88. The number of carbonyl (C=O) groups excluding carboxylic acids is 1. The van der Waals surface area contributed by atoms with Gasteiger partial charge < -0.3 is 10.1 Å². The number of hydrogen-bond acceptors (Lipinski definition) is 4. The van der Waals surface area contributed by atoms with Gasteiger partial charge in [0.15, 0.2) is 0 Å². The molecule has 0 bridgehead atoms. The first kappa shape index (κ1) is 24.8. The van der Waals surface area contributed by atoms with Gasteiger partial charge >= 0.3 is 0 Å². The van der Waals surface area contributed by atoms with Crippen molar-refractivity contribution in [3.63, 3.8) is 0 Å². The Balaban J connectivity index is 1.63. The Morgan fingerprint density at radius 3 is 2.47 bits per heavy atom. The molecule has 3 rings (SSSR count). The number of piperidine rings is 1. The Morgan fingerprint density at radius 1 is 1.19 bits per heavy atom. The lowest BCUT2D eigenvalue weighted by Crippen LogP contribution is -2.46. The fourth-order valence-electron chi connectivity index (χ4n) is 3.79. The summed E-state index contributed by atoms with van der Waals surface area (Å²) in [6.45, 7) is 4.95. The number of carbonyl (C=O) groups is 1. The van der Waals surface area contributed by atoms with Crippen LogP contribution in [-0.4, -0.2) is 38.3 Å². The molecular formula is C23H28Cl2N2O4S. The summed E-state index contributed by atoms with van der Waals surface area (Å²) in [5.41, 5.74) is 1.34. The molecule has 0 aliphatic carbocycles. The SMILES string of the molecule is CCOc1ccc([C@@H](C)NC(=O)[C@@H]2CCCN(S(=O)(=O)Cc3c(Cl)cccc3Cl)C2)cc1. The van der Waals surface area contributed by atoms with E-state index in [-0.39, 0.29) is 24.2 Å². The highest BCUT2D eigenvalue weighted by Gasteiger charge is 2.33. The van der Waals surface area contributed by atoms with Gasteiger partial charge in [-0.2, -0.15) is 0 Å². The predicted octanol–water partition coefficient (Wildman–Crippen LogP) is 4.81. The first-order chi connectivity index (χ1) is 15.2. The van der Waals surface area contributed by atoms with Crippen molar-refractivity contribution in [2.24, 2.45) is 5.92 Å². The normalized spacial score (nSPS) is 18.2. The molecule has 174 valence electrons. The van der Waals surface area contributed by atoms with Crippen LogP contribution in [0.2, 0.25) is 10.0 Å². The maximum atomic E-state index is 13.0. The van der Waals surface area contributed by atoms with Crippen LogP contribution >= 0.6 is 23.2 Å². The molecule has 0 aromatic heterocycles. The van der Waals surface area contributed by atoms with Gasteiger partial charge in [0, 0.05) is 28.7 Å². The Hall–Kier alpha value is -1.80. The van der Waals surface area contributed by atoms with Crippen molar-refractivity contribution in [2.75, 3.05) is 19.7 Å². The summed E-state index contributed by atoms with van der Waals surface area (Å²) >= 11 is 12.3. The van der Waals surface area contributed by atoms with E-state index in [2.05, 4.69) is 5.32 Å². The Kier molecular flexibility index (Phi) is 8.44. The first-order valence-electron chi connectivity index (χ1n) is 10.6. The van der Waals surface area contributed by atoms with Gasteiger partial charge in [-0.3, -0.25) is 4.79 Å². The van der Waals surface area contributed by atoms with Gasteiger partial charge in [-0.15, -0.1) is 0 Å². The fraction of sp³-hybridized carbons (Fsp3) is 0.435. The number of ether oxygens (including phenoxy) is 1. The quantitative estimate of drug-likeness (QED) is 0.566. The molecule has 2 aromatic rings. The lowest BCUT2D eigenvalue weighted by atomic mass is 9.98. The summed E-state index contributed by atoms with van der Waals surface area (Å²) in [7, 11) is -3.67. The number of nitrogens with one attached hydrogen (secondary N) is 1. The van der Waals surface area contributed by atoms with E-state index in [0.717, 1.165) is 11.3 Å². The van der Waals surface area contributed by atoms with E-state index in [4.69, 9.17) is 27.9 Å². The molecule has 1 N–H and O–H groups in total. The van der Waals surface area contributed by atoms with Crippen LogP contribution in [0.15, 0.2) is 42.5 Å². The molecule has 1 aliphatic rings. The maximum absolute atomic E-state index is 13.0. The van der Waals surface area contributed by atoms with Crippen LogP contribution in [0.5, 0.6) is 5.75 Å². The van der Waals surface area contributed by atoms with Gasteiger partial charge in [0.1, 0.15) is 5.75 Å². The summed E-state index contributed by atoms with van der Waals surface area (Å²) in [5, 5.41) is 3.65. The maximum Gasteiger partial charge on any atom is 0.224 e. The molecule has 2 atom stereocenters. The number of sulfonamides is 1. The Labute approximate surface area is 199 Å². The third kappa shape index (κ3) is 6.16. The van der Waals surface area contributed by atoms with Gasteiger partial charge in [-0.05, 0) is 56.5 Å². The summed E-state index contributed by atoms with van der Waals surface area (Å²) in [6.07, 6.45) is 1.26. The van der Waals surface area contributed by atoms with Crippen LogP contribution < -0.4 is 10.1 Å². The van der Waals surface area contributed by atoms with E-state index in [0.29, 0.717) is 41.6 Å². The first-order valence-corrected chi connectivity index (χ1v) is 13.0. The largest absolute Gasteiger partial charge is 0.494 e. The molecular weight excluding hydrogens is 471 g/mol. The monoisotopic (exact) mass is 498 g/mol. The van der Waals surface area contributed by atoms with E-state index >= 15 is 0 Å². The molecule has 2 aromatic carbocycles. The summed E-state index contributed by atoms with van der Waals surface area (Å²) < 4.78 is 32.9. The van der Waals surface area contributed by atoms with E-state index in [1.807, 2.05) is 38.1 Å². The van der Waals surface area contributed by atoms with Crippen molar-refractivity contribution < 1.29 is 17.9 Å². The summed E-state index contributed by atoms with van der Waals surface area (Å²) in [5.74, 6) is -0.0726. The second kappa shape index (κ2) is 10.9. The number of hydrogen-bond donors (Lipinski definition) is 1. The molecule has 1 amide bonds. The van der Waals surface area contributed by atoms with Crippen LogP contribution in [0.3, 0.4) is 0 Å². The van der Waals surface area contributed by atoms with E-state index < -0.39 is 15.9 Å². The van der Waals surface area contributed by atoms with Gasteiger partial charge in [0.05, 0.1) is 24.3 Å². The van der Waals surface area contributed by atoms with Crippen LogP contribution in [-0.2, 0) is 20.6 Å². The van der Waals surface area contributed by atoms with Crippen molar-refractivity contribution >= 4 is 39.1 Å². The van der Waals surface area contributed by atoms with E-state index in [9.17, 15) is 13.2 Å². The lowest BCUT2D eigenvalue weighted by molar-refractivity contribution is -0.126. The summed E-state index contributed by atoms with van der Waals surface area (Å²) in [4.78, 5) is 12.9. The zero-order valence-electron chi connectivity index (χ0n) is 18.2. The van der Waals surface area contributed by atoms with Crippen molar-refractivity contribution in [2.45, 2.75) is 38.5 Å². The Morgan fingerprint density at radius 2 is 1.84 bits per heavy atom. The molecule has 32 heavy (non-hydrogen) atoms. The average molecular weight is 499 g/mol. The number of rotatable bonds is 8. The topological polar surface area (TPSA) is 75.7 Å². The van der Waals surface area contributed by atoms with E-state index in [1.165, 1.54) is 4.31 Å².